The van der Waals surface area contributed by atoms with E-state index in [9.17, 15) is 23.1 Å². The van der Waals surface area contributed by atoms with E-state index in [-0.39, 0.29) is 24.1 Å². The molecule has 1 amide bonds. The van der Waals surface area contributed by atoms with Crippen LogP contribution in [0.1, 0.15) is 25.8 Å². The zero-order valence-corrected chi connectivity index (χ0v) is 13.2. The fourth-order valence-corrected chi connectivity index (χ4v) is 2.19. The first-order chi connectivity index (χ1) is 10.2. The molecule has 4 nitrogen and oxygen atoms in total. The first-order valence-corrected chi connectivity index (χ1v) is 7.83. The van der Waals surface area contributed by atoms with Gasteiger partial charge in [0.2, 0.25) is 5.91 Å². The smallest absolute Gasteiger partial charge is 0.391 e. The van der Waals surface area contributed by atoms with E-state index in [1.807, 2.05) is 13.8 Å². The summed E-state index contributed by atoms with van der Waals surface area (Å²) in [6.45, 7) is 3.99. The summed E-state index contributed by atoms with van der Waals surface area (Å²) in [6, 6.07) is 2.16. The van der Waals surface area contributed by atoms with Crippen LogP contribution < -0.4 is 5.32 Å². The van der Waals surface area contributed by atoms with Gasteiger partial charge in [-0.3, -0.25) is 4.79 Å². The number of pyridine rings is 1. The fraction of sp³-hybridized carbons (Fsp3) is 0.571. The van der Waals surface area contributed by atoms with E-state index < -0.39 is 17.8 Å². The van der Waals surface area contributed by atoms with E-state index in [4.69, 9.17) is 0 Å². The molecule has 1 heterocycles. The number of amides is 1. The number of hydrogen-bond donors (Lipinski definition) is 2. The predicted molar refractivity (Wildman–Crippen MR) is 78.4 cm³/mol. The van der Waals surface area contributed by atoms with Crippen LogP contribution in [-0.2, 0) is 11.0 Å². The first-order valence-electron chi connectivity index (χ1n) is 6.84. The Hall–Kier alpha value is -1.28. The average molecular weight is 336 g/mol. The highest BCUT2D eigenvalue weighted by atomic mass is 32.2. The van der Waals surface area contributed by atoms with Gasteiger partial charge in [-0.2, -0.15) is 13.2 Å². The third kappa shape index (κ3) is 6.23. The summed E-state index contributed by atoms with van der Waals surface area (Å²) >= 11 is 1.04. The summed E-state index contributed by atoms with van der Waals surface area (Å²) in [7, 11) is 0. The highest BCUT2D eigenvalue weighted by molar-refractivity contribution is 7.99. The summed E-state index contributed by atoms with van der Waals surface area (Å²) in [5.41, 5.74) is -0.821. The molecule has 2 N–H and O–H groups in total. The minimum Gasteiger partial charge on any atom is -0.391 e. The van der Waals surface area contributed by atoms with Crippen LogP contribution >= 0.6 is 11.8 Å². The van der Waals surface area contributed by atoms with Gasteiger partial charge in [-0.05, 0) is 18.1 Å². The van der Waals surface area contributed by atoms with Crippen LogP contribution in [0.15, 0.2) is 23.4 Å². The van der Waals surface area contributed by atoms with E-state index in [0.717, 1.165) is 30.4 Å². The van der Waals surface area contributed by atoms with Gasteiger partial charge in [0.15, 0.2) is 0 Å². The molecule has 0 bridgehead atoms. The number of hydrogen-bond acceptors (Lipinski definition) is 4. The lowest BCUT2D eigenvalue weighted by Gasteiger charge is -2.17. The molecule has 0 aromatic carbocycles. The zero-order valence-electron chi connectivity index (χ0n) is 12.4. The average Bonchev–Trinajstić information content (AvgIpc) is 2.49. The Morgan fingerprint density at radius 1 is 1.45 bits per heavy atom. The van der Waals surface area contributed by atoms with Gasteiger partial charge >= 0.3 is 6.18 Å². The van der Waals surface area contributed by atoms with Crippen LogP contribution in [0.2, 0.25) is 0 Å². The Bertz CT molecular complexity index is 480. The third-order valence-electron chi connectivity index (χ3n) is 3.22. The molecule has 2 atom stereocenters. The maximum atomic E-state index is 12.4. The minimum atomic E-state index is -4.42. The van der Waals surface area contributed by atoms with Crippen molar-refractivity contribution in [2.24, 2.45) is 5.92 Å². The van der Waals surface area contributed by atoms with Crippen molar-refractivity contribution in [1.29, 1.82) is 0 Å². The minimum absolute atomic E-state index is 0.0333. The number of nitrogens with one attached hydrogen (secondary N) is 1. The molecular formula is C14H19F3N2O2S. The number of rotatable bonds is 7. The molecule has 0 radical (unpaired) electrons. The fourth-order valence-electron chi connectivity index (χ4n) is 1.52. The van der Waals surface area contributed by atoms with E-state index in [0.29, 0.717) is 5.03 Å². The molecule has 8 heteroatoms. The van der Waals surface area contributed by atoms with Crippen LogP contribution in [0.5, 0.6) is 0 Å². The molecule has 1 rings (SSSR count). The number of carbonyl (C=O) groups is 1. The Balaban J connectivity index is 2.38. The number of carbonyl (C=O) groups excluding carboxylic acids is 1. The van der Waals surface area contributed by atoms with Crippen molar-refractivity contribution in [1.82, 2.24) is 10.3 Å². The molecule has 0 aliphatic carbocycles. The van der Waals surface area contributed by atoms with Gasteiger partial charge in [0.25, 0.3) is 0 Å². The predicted octanol–water partition coefficient (Wildman–Crippen LogP) is 2.72. The lowest BCUT2D eigenvalue weighted by molar-refractivity contribution is -0.137. The third-order valence-corrected chi connectivity index (χ3v) is 4.17. The standard InChI is InChI=1S/C14H19F3N2O2S/c1-3-9(2)11(20)7-18-12(21)8-22-13-5-4-10(6-19-13)14(15,16)17/h4-6,9,11,20H,3,7-8H2,1-2H3,(H,18,21). The quantitative estimate of drug-likeness (QED) is 0.752. The van der Waals surface area contributed by atoms with E-state index in [1.54, 1.807) is 0 Å². The molecule has 0 fully saturated rings. The molecule has 22 heavy (non-hydrogen) atoms. The number of nitrogens with zero attached hydrogens (tertiary/aromatic N) is 1. The Morgan fingerprint density at radius 2 is 2.14 bits per heavy atom. The van der Waals surface area contributed by atoms with Crippen LogP contribution in [-0.4, -0.2) is 34.4 Å². The zero-order chi connectivity index (χ0) is 16.8. The molecule has 124 valence electrons. The SMILES string of the molecule is CCC(C)C(O)CNC(=O)CSc1ccc(C(F)(F)F)cn1. The van der Waals surface area contributed by atoms with Crippen molar-refractivity contribution in [3.63, 3.8) is 0 Å². The van der Waals surface area contributed by atoms with Crippen LogP contribution in [0.4, 0.5) is 13.2 Å². The van der Waals surface area contributed by atoms with Gasteiger partial charge in [0, 0.05) is 12.7 Å². The molecule has 0 spiro atoms. The second-order valence-electron chi connectivity index (χ2n) is 4.93. The molecule has 0 aliphatic heterocycles. The topological polar surface area (TPSA) is 62.2 Å². The largest absolute Gasteiger partial charge is 0.417 e. The summed E-state index contributed by atoms with van der Waals surface area (Å²) < 4.78 is 37.1. The Labute approximate surface area is 131 Å². The highest BCUT2D eigenvalue weighted by Gasteiger charge is 2.30. The van der Waals surface area contributed by atoms with E-state index >= 15 is 0 Å². The summed E-state index contributed by atoms with van der Waals surface area (Å²) in [4.78, 5) is 15.3. The number of thioether (sulfide) groups is 1. The maximum Gasteiger partial charge on any atom is 0.417 e. The van der Waals surface area contributed by atoms with Crippen LogP contribution in [0.25, 0.3) is 0 Å². The highest BCUT2D eigenvalue weighted by Crippen LogP contribution is 2.29. The van der Waals surface area contributed by atoms with Gasteiger partial charge in [0.1, 0.15) is 0 Å². The van der Waals surface area contributed by atoms with Crippen LogP contribution in [0.3, 0.4) is 0 Å². The van der Waals surface area contributed by atoms with Gasteiger partial charge in [-0.1, -0.05) is 32.0 Å². The molecular weight excluding hydrogens is 317 g/mol. The summed E-state index contributed by atoms with van der Waals surface area (Å²) in [5.74, 6) is -0.176. The molecule has 0 saturated heterocycles. The number of aliphatic hydroxyl groups excluding tert-OH is 1. The number of aliphatic hydroxyl groups is 1. The Kier molecular flexibility index (Phi) is 7.15. The first kappa shape index (κ1) is 18.8. The van der Waals surface area contributed by atoms with Crippen molar-refractivity contribution in [2.45, 2.75) is 37.6 Å². The van der Waals surface area contributed by atoms with Crippen molar-refractivity contribution < 1.29 is 23.1 Å². The van der Waals surface area contributed by atoms with Crippen molar-refractivity contribution in [3.05, 3.63) is 23.9 Å². The molecule has 0 saturated carbocycles. The summed E-state index contributed by atoms with van der Waals surface area (Å²) in [5, 5.41) is 12.6. The van der Waals surface area contributed by atoms with Gasteiger partial charge in [0.05, 0.1) is 22.4 Å². The van der Waals surface area contributed by atoms with Crippen LogP contribution in [0, 0.1) is 5.92 Å². The van der Waals surface area contributed by atoms with Crippen molar-refractivity contribution in [3.8, 4) is 0 Å². The maximum absolute atomic E-state index is 12.4. The van der Waals surface area contributed by atoms with E-state index in [1.165, 1.54) is 6.07 Å². The van der Waals surface area contributed by atoms with Crippen molar-refractivity contribution in [2.75, 3.05) is 12.3 Å². The lowest BCUT2D eigenvalue weighted by Crippen LogP contribution is -2.36. The van der Waals surface area contributed by atoms with Gasteiger partial charge in [-0.15, -0.1) is 0 Å². The van der Waals surface area contributed by atoms with Crippen molar-refractivity contribution >= 4 is 17.7 Å². The Morgan fingerprint density at radius 3 is 2.64 bits per heavy atom. The van der Waals surface area contributed by atoms with Gasteiger partial charge in [-0.25, -0.2) is 4.98 Å². The monoisotopic (exact) mass is 336 g/mol. The molecule has 2 unspecified atom stereocenters. The number of alkyl halides is 3. The second kappa shape index (κ2) is 8.38. The normalized spacial score (nSPS) is 14.5. The molecule has 1 aromatic heterocycles. The second-order valence-corrected chi connectivity index (χ2v) is 5.92. The lowest BCUT2D eigenvalue weighted by atomic mass is 10.0. The molecule has 0 aliphatic rings. The number of aromatic nitrogens is 1. The summed E-state index contributed by atoms with van der Waals surface area (Å²) in [6.07, 6.45) is -3.48. The molecule has 1 aromatic rings. The van der Waals surface area contributed by atoms with E-state index in [2.05, 4.69) is 10.3 Å². The van der Waals surface area contributed by atoms with Gasteiger partial charge < -0.3 is 10.4 Å². The number of halogens is 3.